The van der Waals surface area contributed by atoms with Crippen LogP contribution in [-0.2, 0) is 14.8 Å². The van der Waals surface area contributed by atoms with Crippen LogP contribution in [0.25, 0.3) is 10.8 Å². The number of likely N-dealkylation sites (tertiary alicyclic amines) is 1. The highest BCUT2D eigenvalue weighted by Crippen LogP contribution is 2.43. The second-order valence-corrected chi connectivity index (χ2v) is 10.8. The topological polar surface area (TPSA) is 107 Å². The Morgan fingerprint density at radius 1 is 0.971 bits per heavy atom. The summed E-state index contributed by atoms with van der Waals surface area (Å²) in [5, 5.41) is 1.69. The van der Waals surface area contributed by atoms with Crippen molar-refractivity contribution in [1.82, 2.24) is 14.5 Å². The monoisotopic (exact) mass is 490 g/mol. The molecule has 0 aromatic heterocycles. The molecule has 3 heterocycles. The van der Waals surface area contributed by atoms with Gasteiger partial charge in [-0.2, -0.15) is 0 Å². The highest BCUT2D eigenvalue weighted by atomic mass is 32.2. The van der Waals surface area contributed by atoms with Gasteiger partial charge in [-0.05, 0) is 36.9 Å². The Hall–Kier alpha value is -3.92. The minimum absolute atomic E-state index is 0.0170. The van der Waals surface area contributed by atoms with Crippen LogP contribution in [0.3, 0.4) is 0 Å². The zero-order valence-corrected chi connectivity index (χ0v) is 19.6. The first-order chi connectivity index (χ1) is 16.8. The molecule has 3 aliphatic rings. The van der Waals surface area contributed by atoms with Crippen molar-refractivity contribution in [1.29, 1.82) is 0 Å². The Bertz CT molecular complexity index is 1500. The lowest BCUT2D eigenvalue weighted by Gasteiger charge is -2.34. The fraction of sp³-hybridized carbons (Fsp3) is 0.240. The first-order valence-corrected chi connectivity index (χ1v) is 12.8. The number of nitrogens with zero attached hydrogens (tertiary/aromatic N) is 3. The number of hydrogen-bond donors (Lipinski definition) is 1. The standard InChI is InChI=1S/C25H22N4O5S/c1-15-9-11-18(12-10-15)35(33,34)26-24(31)27-14-17-13-21(27)22-23(30)29(25(32)28(17)22)20-8-4-6-16-5-2-3-7-19(16)20/h2-12,17,21-22H,13-14H2,1H3,(H,26,31)/t17-,21-,22-/m0/s1. The van der Waals surface area contributed by atoms with Crippen molar-refractivity contribution in [3.05, 3.63) is 72.3 Å². The Labute approximate surface area is 202 Å². The number of carbonyl (C=O) groups is 3. The molecule has 2 bridgehead atoms. The Kier molecular flexibility index (Phi) is 4.65. The number of imide groups is 1. The number of piperazine rings is 1. The molecule has 0 radical (unpaired) electrons. The van der Waals surface area contributed by atoms with Gasteiger partial charge in [-0.1, -0.05) is 54.1 Å². The summed E-state index contributed by atoms with van der Waals surface area (Å²) < 4.78 is 27.6. The molecule has 0 spiro atoms. The van der Waals surface area contributed by atoms with Gasteiger partial charge in [0, 0.05) is 11.9 Å². The molecule has 3 saturated heterocycles. The summed E-state index contributed by atoms with van der Waals surface area (Å²) in [5.41, 5.74) is 1.40. The molecule has 3 atom stereocenters. The number of aryl methyl sites for hydroxylation is 1. The number of benzene rings is 3. The first-order valence-electron chi connectivity index (χ1n) is 11.3. The summed E-state index contributed by atoms with van der Waals surface area (Å²) in [6, 6.07) is 16.1. The average molecular weight is 491 g/mol. The largest absolute Gasteiger partial charge is 0.332 e. The van der Waals surface area contributed by atoms with E-state index in [1.807, 2.05) is 37.3 Å². The highest BCUT2D eigenvalue weighted by molar-refractivity contribution is 7.90. The molecule has 3 fully saturated rings. The summed E-state index contributed by atoms with van der Waals surface area (Å²) in [7, 11) is -4.07. The second kappa shape index (κ2) is 7.54. The molecule has 0 aliphatic carbocycles. The number of fused-ring (bicyclic) bond motifs is 6. The SMILES string of the molecule is Cc1ccc(S(=O)(=O)NC(=O)N2C[C@@H]3C[C@H]2[C@H]2C(=O)N(c4cccc5ccccc45)C(=O)N32)cc1. The third-order valence-corrected chi connectivity index (χ3v) is 8.42. The first kappa shape index (κ1) is 21.6. The molecule has 10 heteroatoms. The Morgan fingerprint density at radius 3 is 2.46 bits per heavy atom. The average Bonchev–Trinajstić information content (AvgIpc) is 3.50. The number of sulfonamides is 1. The molecule has 3 aromatic carbocycles. The predicted octanol–water partition coefficient (Wildman–Crippen LogP) is 2.84. The normalized spacial score (nSPS) is 23.3. The van der Waals surface area contributed by atoms with Crippen LogP contribution >= 0.6 is 0 Å². The van der Waals surface area contributed by atoms with E-state index in [1.165, 1.54) is 21.9 Å². The van der Waals surface area contributed by atoms with Gasteiger partial charge >= 0.3 is 12.1 Å². The molecule has 6 rings (SSSR count). The lowest BCUT2D eigenvalue weighted by molar-refractivity contribution is -0.120. The Balaban J connectivity index is 1.27. The molecular weight excluding hydrogens is 468 g/mol. The number of nitrogens with one attached hydrogen (secondary N) is 1. The van der Waals surface area contributed by atoms with Crippen molar-refractivity contribution in [2.45, 2.75) is 36.4 Å². The molecule has 3 aliphatic heterocycles. The smallest absolute Gasteiger partial charge is 0.316 e. The molecule has 3 aromatic rings. The minimum Gasteiger partial charge on any atom is -0.316 e. The van der Waals surface area contributed by atoms with Gasteiger partial charge in [0.25, 0.3) is 15.9 Å². The predicted molar refractivity (Wildman–Crippen MR) is 128 cm³/mol. The molecule has 35 heavy (non-hydrogen) atoms. The van der Waals surface area contributed by atoms with Gasteiger partial charge in [0.2, 0.25) is 0 Å². The van der Waals surface area contributed by atoms with Crippen molar-refractivity contribution >= 4 is 44.5 Å². The van der Waals surface area contributed by atoms with E-state index in [0.29, 0.717) is 12.1 Å². The van der Waals surface area contributed by atoms with E-state index in [0.717, 1.165) is 16.3 Å². The number of rotatable bonds is 3. The molecule has 0 unspecified atom stereocenters. The van der Waals surface area contributed by atoms with E-state index in [9.17, 15) is 22.8 Å². The minimum atomic E-state index is -4.07. The van der Waals surface area contributed by atoms with Crippen molar-refractivity contribution in [3.63, 3.8) is 0 Å². The van der Waals surface area contributed by atoms with Crippen LogP contribution in [0.4, 0.5) is 15.3 Å². The van der Waals surface area contributed by atoms with Gasteiger partial charge in [0.1, 0.15) is 6.04 Å². The van der Waals surface area contributed by atoms with Crippen LogP contribution in [0, 0.1) is 6.92 Å². The summed E-state index contributed by atoms with van der Waals surface area (Å²) in [5.74, 6) is -0.405. The summed E-state index contributed by atoms with van der Waals surface area (Å²) in [6.45, 7) is 2.00. The molecule has 178 valence electrons. The van der Waals surface area contributed by atoms with E-state index >= 15 is 0 Å². The lowest BCUT2D eigenvalue weighted by Crippen LogP contribution is -2.57. The van der Waals surface area contributed by atoms with Gasteiger partial charge in [-0.25, -0.2) is 27.6 Å². The van der Waals surface area contributed by atoms with Gasteiger partial charge in [0.15, 0.2) is 0 Å². The van der Waals surface area contributed by atoms with Crippen LogP contribution in [0.15, 0.2) is 71.6 Å². The number of amides is 5. The molecule has 5 amide bonds. The highest BCUT2D eigenvalue weighted by Gasteiger charge is 2.63. The zero-order chi connectivity index (χ0) is 24.5. The number of urea groups is 2. The third kappa shape index (κ3) is 3.20. The quantitative estimate of drug-likeness (QED) is 0.568. The van der Waals surface area contributed by atoms with Crippen LogP contribution in [0.1, 0.15) is 12.0 Å². The number of carbonyl (C=O) groups excluding carboxylic acids is 3. The lowest BCUT2D eigenvalue weighted by atomic mass is 10.1. The van der Waals surface area contributed by atoms with Crippen LogP contribution in [0.5, 0.6) is 0 Å². The van der Waals surface area contributed by atoms with Crippen molar-refractivity contribution in [2.75, 3.05) is 11.4 Å². The zero-order valence-electron chi connectivity index (χ0n) is 18.8. The number of anilines is 1. The third-order valence-electron chi connectivity index (χ3n) is 7.09. The van der Waals surface area contributed by atoms with Crippen LogP contribution in [0.2, 0.25) is 0 Å². The van der Waals surface area contributed by atoms with Gasteiger partial charge in [0.05, 0.1) is 22.7 Å². The van der Waals surface area contributed by atoms with Crippen LogP contribution in [-0.4, -0.2) is 60.9 Å². The van der Waals surface area contributed by atoms with Crippen molar-refractivity contribution < 1.29 is 22.8 Å². The van der Waals surface area contributed by atoms with Crippen molar-refractivity contribution in [3.8, 4) is 0 Å². The molecule has 1 N–H and O–H groups in total. The maximum absolute atomic E-state index is 13.5. The maximum atomic E-state index is 13.5. The van der Waals surface area contributed by atoms with E-state index in [2.05, 4.69) is 4.72 Å². The van der Waals surface area contributed by atoms with E-state index in [-0.39, 0.29) is 17.5 Å². The second-order valence-electron chi connectivity index (χ2n) is 9.14. The van der Waals surface area contributed by atoms with Gasteiger partial charge in [-0.3, -0.25) is 4.79 Å². The van der Waals surface area contributed by atoms with E-state index in [1.54, 1.807) is 29.2 Å². The maximum Gasteiger partial charge on any atom is 0.332 e. The van der Waals surface area contributed by atoms with Crippen LogP contribution < -0.4 is 9.62 Å². The molecule has 0 saturated carbocycles. The van der Waals surface area contributed by atoms with E-state index < -0.39 is 40.1 Å². The van der Waals surface area contributed by atoms with Gasteiger partial charge < -0.3 is 9.80 Å². The molecular formula is C25H22N4O5S. The number of hydrogen-bond acceptors (Lipinski definition) is 5. The summed E-state index contributed by atoms with van der Waals surface area (Å²) in [6.07, 6.45) is 0.434. The Morgan fingerprint density at radius 2 is 1.69 bits per heavy atom. The summed E-state index contributed by atoms with van der Waals surface area (Å²) in [4.78, 5) is 44.0. The molecule has 9 nitrogen and oxygen atoms in total. The van der Waals surface area contributed by atoms with Crippen molar-refractivity contribution in [2.24, 2.45) is 0 Å². The summed E-state index contributed by atoms with van der Waals surface area (Å²) >= 11 is 0. The van der Waals surface area contributed by atoms with Gasteiger partial charge in [-0.15, -0.1) is 0 Å². The van der Waals surface area contributed by atoms with E-state index in [4.69, 9.17) is 0 Å². The fourth-order valence-corrected chi connectivity index (χ4v) is 6.42. The fourth-order valence-electron chi connectivity index (χ4n) is 5.47.